The van der Waals surface area contributed by atoms with Gasteiger partial charge in [0.2, 0.25) is 21.8 Å². The van der Waals surface area contributed by atoms with Crippen molar-refractivity contribution in [3.63, 3.8) is 0 Å². The predicted octanol–water partition coefficient (Wildman–Crippen LogP) is 1.56. The Hall–Kier alpha value is -1.11. The van der Waals surface area contributed by atoms with Gasteiger partial charge in [-0.3, -0.25) is 14.3 Å². The zero-order valence-electron chi connectivity index (χ0n) is 14.3. The van der Waals surface area contributed by atoms with Gasteiger partial charge < -0.3 is 5.32 Å². The molecule has 0 heterocycles. The highest BCUT2D eigenvalue weighted by Gasteiger charge is 2.37. The molecule has 1 fully saturated rings. The van der Waals surface area contributed by atoms with Crippen LogP contribution in [0.5, 0.6) is 0 Å². The lowest BCUT2D eigenvalue weighted by molar-refractivity contribution is -0.129. The number of rotatable bonds is 3. The van der Waals surface area contributed by atoms with Gasteiger partial charge in [0.15, 0.2) is 0 Å². The maximum Gasteiger partial charge on any atom is 0.239 e. The van der Waals surface area contributed by atoms with E-state index in [0.29, 0.717) is 19.3 Å². The van der Waals surface area contributed by atoms with E-state index in [1.54, 1.807) is 20.8 Å². The van der Waals surface area contributed by atoms with E-state index in [1.165, 1.54) is 0 Å². The molecule has 0 unspecified atom stereocenters. The van der Waals surface area contributed by atoms with E-state index in [1.807, 2.05) is 20.8 Å². The number of carbonyl (C=O) groups is 2. The minimum absolute atomic E-state index is 0.0547. The minimum Gasteiger partial charge on any atom is -0.353 e. The van der Waals surface area contributed by atoms with Crippen LogP contribution >= 0.6 is 0 Å². The van der Waals surface area contributed by atoms with Gasteiger partial charge in [0.1, 0.15) is 0 Å². The van der Waals surface area contributed by atoms with Crippen molar-refractivity contribution >= 4 is 21.8 Å². The van der Waals surface area contributed by atoms with Crippen molar-refractivity contribution in [1.82, 2.24) is 10.0 Å². The Morgan fingerprint density at radius 3 is 2.00 bits per heavy atom. The smallest absolute Gasteiger partial charge is 0.239 e. The van der Waals surface area contributed by atoms with E-state index in [4.69, 9.17) is 0 Å². The lowest BCUT2D eigenvalue weighted by Crippen LogP contribution is -2.45. The summed E-state index contributed by atoms with van der Waals surface area (Å²) in [6.45, 7) is 10.1. The Balaban J connectivity index is 2.61. The Labute approximate surface area is 133 Å². The second-order valence-electron chi connectivity index (χ2n) is 8.01. The Morgan fingerprint density at radius 1 is 1.00 bits per heavy atom. The Bertz CT molecular complexity index is 541. The van der Waals surface area contributed by atoms with E-state index in [0.717, 1.165) is 0 Å². The number of hydrogen-bond donors (Lipinski definition) is 2. The second-order valence-corrected chi connectivity index (χ2v) is 10.4. The van der Waals surface area contributed by atoms with Gasteiger partial charge in [0.25, 0.3) is 0 Å². The molecule has 2 atom stereocenters. The van der Waals surface area contributed by atoms with Crippen LogP contribution in [0.4, 0.5) is 0 Å². The number of hydrogen-bond acceptors (Lipinski definition) is 4. The Kier molecular flexibility index (Phi) is 5.32. The summed E-state index contributed by atoms with van der Waals surface area (Å²) in [6, 6.07) is -0.0696. The SMILES string of the molecule is CC(C)(C)C(=O)N[C@@H]1CC[C@H](C(=O)NS(=O)(=O)C(C)(C)C)C1. The van der Waals surface area contributed by atoms with Crippen molar-refractivity contribution < 1.29 is 18.0 Å². The highest BCUT2D eigenvalue weighted by molar-refractivity contribution is 7.91. The first-order valence-electron chi connectivity index (χ1n) is 7.61. The fourth-order valence-corrected chi connectivity index (χ4v) is 2.86. The zero-order valence-corrected chi connectivity index (χ0v) is 15.1. The average Bonchev–Trinajstić information content (AvgIpc) is 2.74. The summed E-state index contributed by atoms with van der Waals surface area (Å²) in [4.78, 5) is 24.1. The summed E-state index contributed by atoms with van der Waals surface area (Å²) < 4.78 is 25.2. The maximum absolute atomic E-state index is 12.1. The molecule has 0 saturated heterocycles. The van der Waals surface area contributed by atoms with Gasteiger partial charge in [0, 0.05) is 17.4 Å². The first-order chi connectivity index (χ1) is 9.74. The first kappa shape index (κ1) is 18.9. The first-order valence-corrected chi connectivity index (χ1v) is 9.09. The summed E-state index contributed by atoms with van der Waals surface area (Å²) >= 11 is 0. The molecule has 128 valence electrons. The summed E-state index contributed by atoms with van der Waals surface area (Å²) in [5.41, 5.74) is -0.476. The van der Waals surface area contributed by atoms with Crippen LogP contribution in [0.3, 0.4) is 0 Å². The molecule has 0 aromatic rings. The van der Waals surface area contributed by atoms with Gasteiger partial charge in [-0.05, 0) is 40.0 Å². The maximum atomic E-state index is 12.1. The van der Waals surface area contributed by atoms with E-state index in [2.05, 4.69) is 10.0 Å². The van der Waals surface area contributed by atoms with E-state index in [9.17, 15) is 18.0 Å². The van der Waals surface area contributed by atoms with Crippen LogP contribution in [0.15, 0.2) is 0 Å². The molecule has 7 heteroatoms. The highest BCUT2D eigenvalue weighted by Crippen LogP contribution is 2.27. The Morgan fingerprint density at radius 2 is 1.55 bits per heavy atom. The molecule has 0 radical (unpaired) electrons. The topological polar surface area (TPSA) is 92.3 Å². The monoisotopic (exact) mass is 332 g/mol. The lowest BCUT2D eigenvalue weighted by Gasteiger charge is -2.22. The van der Waals surface area contributed by atoms with Crippen LogP contribution in [0, 0.1) is 11.3 Å². The number of sulfonamides is 1. The third kappa shape index (κ3) is 4.69. The molecule has 2 amide bonds. The summed E-state index contributed by atoms with van der Waals surface area (Å²) in [5, 5.41) is 2.93. The molecule has 0 aromatic heterocycles. The molecule has 1 rings (SSSR count). The summed E-state index contributed by atoms with van der Waals surface area (Å²) in [7, 11) is -3.69. The van der Waals surface area contributed by atoms with Crippen molar-refractivity contribution in [3.05, 3.63) is 0 Å². The normalized spacial score (nSPS) is 23.2. The molecule has 22 heavy (non-hydrogen) atoms. The molecule has 2 N–H and O–H groups in total. The molecule has 1 saturated carbocycles. The van der Waals surface area contributed by atoms with Crippen molar-refractivity contribution in [2.24, 2.45) is 11.3 Å². The van der Waals surface area contributed by atoms with Crippen LogP contribution in [-0.2, 0) is 19.6 Å². The lowest BCUT2D eigenvalue weighted by atomic mass is 9.95. The van der Waals surface area contributed by atoms with E-state index in [-0.39, 0.29) is 17.9 Å². The van der Waals surface area contributed by atoms with Crippen LogP contribution in [0.2, 0.25) is 0 Å². The standard InChI is InChI=1S/C15H28N2O4S/c1-14(2,3)13(19)16-11-8-7-10(9-11)12(18)17-22(20,21)15(4,5)6/h10-11H,7-9H2,1-6H3,(H,16,19)(H,17,18)/t10-,11+/m0/s1. The second kappa shape index (κ2) is 6.18. The summed E-state index contributed by atoms with van der Waals surface area (Å²) in [5.74, 6) is -0.898. The van der Waals surface area contributed by atoms with Crippen molar-refractivity contribution in [1.29, 1.82) is 0 Å². The van der Waals surface area contributed by atoms with Crippen molar-refractivity contribution in [2.75, 3.05) is 0 Å². The van der Waals surface area contributed by atoms with E-state index >= 15 is 0 Å². The average molecular weight is 332 g/mol. The molecular weight excluding hydrogens is 304 g/mol. The van der Waals surface area contributed by atoms with Crippen molar-refractivity contribution in [2.45, 2.75) is 71.6 Å². The quantitative estimate of drug-likeness (QED) is 0.820. The van der Waals surface area contributed by atoms with Crippen molar-refractivity contribution in [3.8, 4) is 0 Å². The van der Waals surface area contributed by atoms with Gasteiger partial charge in [-0.25, -0.2) is 8.42 Å². The molecule has 1 aliphatic rings. The van der Waals surface area contributed by atoms with Gasteiger partial charge in [-0.1, -0.05) is 20.8 Å². The van der Waals surface area contributed by atoms with Crippen LogP contribution in [0.1, 0.15) is 60.8 Å². The highest BCUT2D eigenvalue weighted by atomic mass is 32.2. The minimum atomic E-state index is -3.69. The number of amides is 2. The predicted molar refractivity (Wildman–Crippen MR) is 85.5 cm³/mol. The molecule has 0 aromatic carbocycles. The van der Waals surface area contributed by atoms with E-state index < -0.39 is 26.1 Å². The molecule has 0 spiro atoms. The van der Waals surface area contributed by atoms with Gasteiger partial charge in [-0.2, -0.15) is 0 Å². The fraction of sp³-hybridized carbons (Fsp3) is 0.867. The van der Waals surface area contributed by atoms with Crippen LogP contribution in [-0.4, -0.2) is 31.0 Å². The van der Waals surface area contributed by atoms with Gasteiger partial charge >= 0.3 is 0 Å². The van der Waals surface area contributed by atoms with Gasteiger partial charge in [0.05, 0.1) is 4.75 Å². The molecule has 0 aliphatic heterocycles. The molecule has 1 aliphatic carbocycles. The number of carbonyl (C=O) groups excluding carboxylic acids is 2. The molecule has 0 bridgehead atoms. The van der Waals surface area contributed by atoms with Crippen LogP contribution < -0.4 is 10.0 Å². The largest absolute Gasteiger partial charge is 0.353 e. The van der Waals surface area contributed by atoms with Crippen LogP contribution in [0.25, 0.3) is 0 Å². The zero-order chi connectivity index (χ0) is 17.3. The third-order valence-corrected chi connectivity index (χ3v) is 5.94. The summed E-state index contributed by atoms with van der Waals surface area (Å²) in [6.07, 6.45) is 1.75. The molecule has 6 nitrogen and oxygen atoms in total. The van der Waals surface area contributed by atoms with Gasteiger partial charge in [-0.15, -0.1) is 0 Å². The number of nitrogens with one attached hydrogen (secondary N) is 2. The fourth-order valence-electron chi connectivity index (χ4n) is 2.12. The third-order valence-electron chi connectivity index (χ3n) is 3.86. The molecular formula is C15H28N2O4S.